The van der Waals surface area contributed by atoms with Gasteiger partial charge in [-0.1, -0.05) is 28.1 Å². The van der Waals surface area contributed by atoms with Crippen LogP contribution in [0.2, 0.25) is 0 Å². The van der Waals surface area contributed by atoms with Crippen LogP contribution in [0.1, 0.15) is 11.7 Å². The minimum absolute atomic E-state index is 0.316. The Hall–Kier alpha value is -1.29. The number of halogens is 1. The number of ether oxygens (including phenoxy) is 2. The number of esters is 1. The fourth-order valence-electron chi connectivity index (χ4n) is 1.40. The van der Waals surface area contributed by atoms with Gasteiger partial charge in [0, 0.05) is 10.6 Å². The van der Waals surface area contributed by atoms with Gasteiger partial charge < -0.3 is 9.47 Å². The molecule has 0 aromatic heterocycles. The summed E-state index contributed by atoms with van der Waals surface area (Å²) in [5, 5.41) is 0. The van der Waals surface area contributed by atoms with Crippen molar-refractivity contribution in [3.63, 3.8) is 0 Å². The lowest BCUT2D eigenvalue weighted by Crippen LogP contribution is -2.01. The van der Waals surface area contributed by atoms with Gasteiger partial charge in [0.15, 0.2) is 6.10 Å². The van der Waals surface area contributed by atoms with Crippen LogP contribution in [0.4, 0.5) is 0 Å². The van der Waals surface area contributed by atoms with Gasteiger partial charge in [0.1, 0.15) is 5.75 Å². The highest BCUT2D eigenvalue weighted by Gasteiger charge is 2.25. The molecule has 1 aromatic rings. The van der Waals surface area contributed by atoms with Gasteiger partial charge in [0.25, 0.3) is 0 Å². The molecule has 1 aromatic carbocycles. The summed E-state index contributed by atoms with van der Waals surface area (Å²) in [7, 11) is 1.61. The second-order valence-electron chi connectivity index (χ2n) is 3.12. The molecule has 1 aliphatic heterocycles. The molecule has 1 atom stereocenters. The molecular weight excluding hydrogens is 260 g/mol. The van der Waals surface area contributed by atoms with Crippen molar-refractivity contribution < 1.29 is 14.3 Å². The zero-order valence-corrected chi connectivity index (χ0v) is 9.65. The van der Waals surface area contributed by atoms with Crippen molar-refractivity contribution in [3.8, 4) is 5.75 Å². The number of carbonyl (C=O) groups excluding carboxylic acids is 1. The highest BCUT2D eigenvalue weighted by atomic mass is 79.9. The lowest BCUT2D eigenvalue weighted by Gasteiger charge is -2.11. The molecule has 0 N–H and O–H groups in total. The van der Waals surface area contributed by atoms with Crippen molar-refractivity contribution in [1.82, 2.24) is 0 Å². The number of hydrogen-bond acceptors (Lipinski definition) is 3. The van der Waals surface area contributed by atoms with Crippen LogP contribution in [0, 0.1) is 0 Å². The van der Waals surface area contributed by atoms with Gasteiger partial charge in [-0.15, -0.1) is 0 Å². The van der Waals surface area contributed by atoms with Gasteiger partial charge in [0.2, 0.25) is 0 Å². The van der Waals surface area contributed by atoms with E-state index in [1.165, 1.54) is 6.08 Å². The predicted octanol–water partition coefficient (Wildman–Crippen LogP) is 2.57. The molecule has 2 rings (SSSR count). The number of methoxy groups -OCH3 is 1. The number of cyclic esters (lactones) is 1. The Morgan fingerprint density at radius 3 is 2.47 bits per heavy atom. The van der Waals surface area contributed by atoms with Crippen LogP contribution in [0.5, 0.6) is 5.75 Å². The van der Waals surface area contributed by atoms with Gasteiger partial charge in [-0.3, -0.25) is 0 Å². The van der Waals surface area contributed by atoms with E-state index in [0.717, 1.165) is 15.8 Å². The van der Waals surface area contributed by atoms with E-state index >= 15 is 0 Å². The van der Waals surface area contributed by atoms with E-state index in [9.17, 15) is 4.79 Å². The van der Waals surface area contributed by atoms with Crippen LogP contribution >= 0.6 is 15.9 Å². The van der Waals surface area contributed by atoms with Gasteiger partial charge in [-0.25, -0.2) is 4.79 Å². The lowest BCUT2D eigenvalue weighted by atomic mass is 10.1. The fourth-order valence-corrected chi connectivity index (χ4v) is 1.95. The van der Waals surface area contributed by atoms with E-state index in [4.69, 9.17) is 9.47 Å². The summed E-state index contributed by atoms with van der Waals surface area (Å²) in [4.78, 5) is 11.0. The van der Waals surface area contributed by atoms with Crippen molar-refractivity contribution in [1.29, 1.82) is 0 Å². The Morgan fingerprint density at radius 2 is 2.00 bits per heavy atom. The first-order valence-corrected chi connectivity index (χ1v) is 5.21. The third-order valence-electron chi connectivity index (χ3n) is 2.16. The van der Waals surface area contributed by atoms with Crippen LogP contribution < -0.4 is 4.74 Å². The molecule has 0 saturated heterocycles. The molecule has 78 valence electrons. The van der Waals surface area contributed by atoms with Crippen LogP contribution in [-0.2, 0) is 9.53 Å². The number of carbonyl (C=O) groups is 1. The molecule has 15 heavy (non-hydrogen) atoms. The first-order chi connectivity index (χ1) is 7.20. The molecule has 0 aliphatic carbocycles. The zero-order valence-electron chi connectivity index (χ0n) is 8.07. The van der Waals surface area contributed by atoms with Crippen LogP contribution in [-0.4, -0.2) is 13.1 Å². The summed E-state index contributed by atoms with van der Waals surface area (Å²) in [6.07, 6.45) is 1.12. The molecule has 4 heteroatoms. The molecular formula is C11H9BrO3. The monoisotopic (exact) mass is 268 g/mol. The van der Waals surface area contributed by atoms with E-state index in [-0.39, 0.29) is 12.1 Å². The Bertz CT molecular complexity index is 408. The minimum Gasteiger partial charge on any atom is -0.497 e. The molecule has 0 amide bonds. The average molecular weight is 269 g/mol. The molecule has 0 bridgehead atoms. The van der Waals surface area contributed by atoms with E-state index in [0.29, 0.717) is 0 Å². The first kappa shape index (κ1) is 10.2. The largest absolute Gasteiger partial charge is 0.497 e. The van der Waals surface area contributed by atoms with E-state index in [2.05, 4.69) is 15.9 Å². The van der Waals surface area contributed by atoms with E-state index in [1.807, 2.05) is 24.3 Å². The third kappa shape index (κ3) is 2.04. The number of benzene rings is 1. The molecule has 3 nitrogen and oxygen atoms in total. The highest BCUT2D eigenvalue weighted by Crippen LogP contribution is 2.35. The van der Waals surface area contributed by atoms with E-state index in [1.54, 1.807) is 7.11 Å². The van der Waals surface area contributed by atoms with Crippen molar-refractivity contribution >= 4 is 21.9 Å². The lowest BCUT2D eigenvalue weighted by molar-refractivity contribution is -0.138. The van der Waals surface area contributed by atoms with Gasteiger partial charge in [-0.05, 0) is 17.7 Å². The average Bonchev–Trinajstić information content (AvgIpc) is 2.58. The van der Waals surface area contributed by atoms with Crippen molar-refractivity contribution in [2.24, 2.45) is 0 Å². The smallest absolute Gasteiger partial charge is 0.332 e. The predicted molar refractivity (Wildman–Crippen MR) is 58.8 cm³/mol. The maximum atomic E-state index is 11.0. The summed E-state index contributed by atoms with van der Waals surface area (Å²) in [6, 6.07) is 7.41. The molecule has 0 fully saturated rings. The molecule has 0 unspecified atom stereocenters. The SMILES string of the molecule is COc1ccc([C@H]2OC(=O)C=C2Br)cc1. The second kappa shape index (κ2) is 4.06. The third-order valence-corrected chi connectivity index (χ3v) is 2.80. The topological polar surface area (TPSA) is 35.5 Å². The Balaban J connectivity index is 2.24. The molecule has 0 radical (unpaired) electrons. The first-order valence-electron chi connectivity index (χ1n) is 4.42. The molecule has 0 spiro atoms. The Labute approximate surface area is 95.8 Å². The Kier molecular flexibility index (Phi) is 2.77. The second-order valence-corrected chi connectivity index (χ2v) is 4.03. The summed E-state index contributed by atoms with van der Waals surface area (Å²) < 4.78 is 10.9. The van der Waals surface area contributed by atoms with Crippen molar-refractivity contribution in [2.75, 3.05) is 7.11 Å². The molecule has 1 heterocycles. The fraction of sp³-hybridized carbons (Fsp3) is 0.182. The quantitative estimate of drug-likeness (QED) is 0.774. The zero-order chi connectivity index (χ0) is 10.8. The standard InChI is InChI=1S/C11H9BrO3/c1-14-8-4-2-7(3-5-8)11-9(12)6-10(13)15-11/h2-6,11H,1H3/t11-/m1/s1. The minimum atomic E-state index is -0.317. The highest BCUT2D eigenvalue weighted by molar-refractivity contribution is 9.11. The molecule has 0 saturated carbocycles. The normalized spacial score (nSPS) is 19.7. The van der Waals surface area contributed by atoms with Gasteiger partial charge in [0.05, 0.1) is 7.11 Å². The van der Waals surface area contributed by atoms with Crippen LogP contribution in [0.25, 0.3) is 0 Å². The number of rotatable bonds is 2. The van der Waals surface area contributed by atoms with Gasteiger partial charge in [-0.2, -0.15) is 0 Å². The maximum absolute atomic E-state index is 11.0. The van der Waals surface area contributed by atoms with Crippen molar-refractivity contribution in [2.45, 2.75) is 6.10 Å². The maximum Gasteiger partial charge on any atom is 0.332 e. The van der Waals surface area contributed by atoms with Crippen LogP contribution in [0.15, 0.2) is 34.8 Å². The van der Waals surface area contributed by atoms with Crippen molar-refractivity contribution in [3.05, 3.63) is 40.4 Å². The summed E-state index contributed by atoms with van der Waals surface area (Å²) in [5.41, 5.74) is 0.921. The number of hydrogen-bond donors (Lipinski definition) is 0. The molecule has 1 aliphatic rings. The summed E-state index contributed by atoms with van der Waals surface area (Å²) in [6.45, 7) is 0. The summed E-state index contributed by atoms with van der Waals surface area (Å²) >= 11 is 3.30. The van der Waals surface area contributed by atoms with Gasteiger partial charge >= 0.3 is 5.97 Å². The summed E-state index contributed by atoms with van der Waals surface area (Å²) in [5.74, 6) is 0.464. The van der Waals surface area contributed by atoms with Crippen LogP contribution in [0.3, 0.4) is 0 Å². The van der Waals surface area contributed by atoms with E-state index < -0.39 is 0 Å². The Morgan fingerprint density at radius 1 is 1.33 bits per heavy atom.